The highest BCUT2D eigenvalue weighted by molar-refractivity contribution is 5.09. The first-order valence-corrected chi connectivity index (χ1v) is 6.95. The van der Waals surface area contributed by atoms with E-state index in [0.29, 0.717) is 5.69 Å². The van der Waals surface area contributed by atoms with Crippen LogP contribution in [0.25, 0.3) is 0 Å². The van der Waals surface area contributed by atoms with E-state index in [2.05, 4.69) is 23.7 Å². The summed E-state index contributed by atoms with van der Waals surface area (Å²) in [5.41, 5.74) is 0.760. The highest BCUT2D eigenvalue weighted by atomic mass is 19.1. The summed E-state index contributed by atoms with van der Waals surface area (Å²) in [6, 6.07) is 2.91. The van der Waals surface area contributed by atoms with Crippen LogP contribution < -0.4 is 0 Å². The Hall–Kier alpha value is -1.00. The summed E-state index contributed by atoms with van der Waals surface area (Å²) in [6.07, 6.45) is 2.93. The largest absolute Gasteiger partial charge is 0.386 e. The number of halogens is 1. The van der Waals surface area contributed by atoms with E-state index in [9.17, 15) is 9.50 Å². The molecule has 106 valence electrons. The van der Waals surface area contributed by atoms with Crippen LogP contribution in [0.5, 0.6) is 0 Å². The van der Waals surface area contributed by atoms with Gasteiger partial charge in [0.2, 0.25) is 0 Å². The molecule has 0 amide bonds. The lowest BCUT2D eigenvalue weighted by Gasteiger charge is -2.34. The average molecular weight is 266 g/mol. The standard InChI is InChI=1S/C15H23FN2O/c1-11(10-18-8-4-7-15(18,2)3)14(19)13-6-5-12(16)9-17-13/h5-6,9,11,14,19H,4,7-8,10H2,1-3H3. The van der Waals surface area contributed by atoms with Crippen molar-refractivity contribution in [3.63, 3.8) is 0 Å². The van der Waals surface area contributed by atoms with Gasteiger partial charge in [-0.05, 0) is 45.4 Å². The minimum Gasteiger partial charge on any atom is -0.386 e. The van der Waals surface area contributed by atoms with Gasteiger partial charge in [0, 0.05) is 18.0 Å². The average Bonchev–Trinajstić information content (AvgIpc) is 2.69. The Morgan fingerprint density at radius 2 is 2.21 bits per heavy atom. The number of aliphatic hydroxyl groups is 1. The van der Waals surface area contributed by atoms with Crippen LogP contribution in [0, 0.1) is 11.7 Å². The molecule has 0 radical (unpaired) electrons. The monoisotopic (exact) mass is 266 g/mol. The van der Waals surface area contributed by atoms with Crippen LogP contribution in [-0.2, 0) is 0 Å². The van der Waals surface area contributed by atoms with Gasteiger partial charge in [-0.3, -0.25) is 9.88 Å². The van der Waals surface area contributed by atoms with E-state index in [1.807, 2.05) is 6.92 Å². The van der Waals surface area contributed by atoms with E-state index in [1.54, 1.807) is 6.07 Å². The molecule has 1 aromatic heterocycles. The van der Waals surface area contributed by atoms with Gasteiger partial charge >= 0.3 is 0 Å². The second-order valence-electron chi connectivity index (χ2n) is 6.19. The van der Waals surface area contributed by atoms with Gasteiger partial charge in [-0.15, -0.1) is 0 Å². The topological polar surface area (TPSA) is 36.4 Å². The Morgan fingerprint density at radius 1 is 1.47 bits per heavy atom. The van der Waals surface area contributed by atoms with Crippen molar-refractivity contribution in [2.75, 3.05) is 13.1 Å². The summed E-state index contributed by atoms with van der Waals surface area (Å²) in [5.74, 6) is -0.292. The van der Waals surface area contributed by atoms with Crippen LogP contribution in [0.2, 0.25) is 0 Å². The smallest absolute Gasteiger partial charge is 0.141 e. The number of nitrogens with zero attached hydrogens (tertiary/aromatic N) is 2. The second kappa shape index (κ2) is 5.55. The number of rotatable bonds is 4. The molecule has 0 bridgehead atoms. The molecule has 19 heavy (non-hydrogen) atoms. The zero-order chi connectivity index (χ0) is 14.0. The molecule has 2 heterocycles. The minimum absolute atomic E-state index is 0.0790. The minimum atomic E-state index is -0.642. The van der Waals surface area contributed by atoms with Crippen molar-refractivity contribution >= 4 is 0 Å². The number of pyridine rings is 1. The number of aliphatic hydroxyl groups excluding tert-OH is 1. The number of aromatic nitrogens is 1. The molecule has 0 aliphatic carbocycles. The SMILES string of the molecule is CC(CN1CCCC1(C)C)C(O)c1ccc(F)cn1. The van der Waals surface area contributed by atoms with E-state index in [1.165, 1.54) is 18.9 Å². The highest BCUT2D eigenvalue weighted by Gasteiger charge is 2.33. The molecule has 1 N–H and O–H groups in total. The summed E-state index contributed by atoms with van der Waals surface area (Å²) >= 11 is 0. The van der Waals surface area contributed by atoms with Crippen molar-refractivity contribution in [3.05, 3.63) is 29.8 Å². The lowest BCUT2D eigenvalue weighted by molar-refractivity contribution is 0.0648. The number of hydrogen-bond donors (Lipinski definition) is 1. The first-order chi connectivity index (χ1) is 8.90. The molecule has 2 unspecified atom stereocenters. The molecule has 1 aromatic rings. The Labute approximate surface area is 114 Å². The fourth-order valence-corrected chi connectivity index (χ4v) is 2.80. The molecule has 1 aliphatic rings. The third kappa shape index (κ3) is 3.31. The van der Waals surface area contributed by atoms with Crippen LogP contribution in [0.1, 0.15) is 45.4 Å². The maximum atomic E-state index is 12.8. The van der Waals surface area contributed by atoms with Gasteiger partial charge in [-0.2, -0.15) is 0 Å². The summed E-state index contributed by atoms with van der Waals surface area (Å²) in [4.78, 5) is 6.39. The molecule has 1 aliphatic heterocycles. The van der Waals surface area contributed by atoms with E-state index in [4.69, 9.17) is 0 Å². The molecule has 4 heteroatoms. The predicted octanol–water partition coefficient (Wildman–Crippen LogP) is 2.76. The summed E-state index contributed by atoms with van der Waals surface area (Å²) in [6.45, 7) is 8.43. The fraction of sp³-hybridized carbons (Fsp3) is 0.667. The molecular formula is C15H23FN2O. The zero-order valence-electron chi connectivity index (χ0n) is 11.9. The maximum Gasteiger partial charge on any atom is 0.141 e. The Balaban J connectivity index is 1.99. The third-order valence-electron chi connectivity index (χ3n) is 4.17. The summed E-state index contributed by atoms with van der Waals surface area (Å²) in [5, 5.41) is 10.3. The molecule has 3 nitrogen and oxygen atoms in total. The zero-order valence-corrected chi connectivity index (χ0v) is 11.9. The molecule has 1 fully saturated rings. The number of hydrogen-bond acceptors (Lipinski definition) is 3. The maximum absolute atomic E-state index is 12.8. The van der Waals surface area contributed by atoms with Gasteiger partial charge in [0.25, 0.3) is 0 Å². The normalized spacial score (nSPS) is 22.4. The van der Waals surface area contributed by atoms with Gasteiger partial charge in [0.1, 0.15) is 5.82 Å². The van der Waals surface area contributed by atoms with Crippen molar-refractivity contribution in [1.82, 2.24) is 9.88 Å². The van der Waals surface area contributed by atoms with Crippen LogP contribution in [0.15, 0.2) is 18.3 Å². The lowest BCUT2D eigenvalue weighted by atomic mass is 9.97. The van der Waals surface area contributed by atoms with Crippen molar-refractivity contribution in [1.29, 1.82) is 0 Å². The number of likely N-dealkylation sites (tertiary alicyclic amines) is 1. The predicted molar refractivity (Wildman–Crippen MR) is 73.2 cm³/mol. The summed E-state index contributed by atoms with van der Waals surface area (Å²) < 4.78 is 12.8. The molecule has 2 atom stereocenters. The molecule has 0 spiro atoms. The molecule has 0 aromatic carbocycles. The van der Waals surface area contributed by atoms with E-state index in [0.717, 1.165) is 19.3 Å². The van der Waals surface area contributed by atoms with Crippen molar-refractivity contribution in [2.24, 2.45) is 5.92 Å². The van der Waals surface area contributed by atoms with E-state index >= 15 is 0 Å². The van der Waals surface area contributed by atoms with E-state index < -0.39 is 6.10 Å². The van der Waals surface area contributed by atoms with Crippen LogP contribution in [-0.4, -0.2) is 33.6 Å². The first kappa shape index (κ1) is 14.4. The Morgan fingerprint density at radius 3 is 2.74 bits per heavy atom. The molecule has 2 rings (SSSR count). The van der Waals surface area contributed by atoms with Crippen molar-refractivity contribution in [2.45, 2.75) is 45.3 Å². The van der Waals surface area contributed by atoms with Crippen LogP contribution in [0.4, 0.5) is 4.39 Å². The summed E-state index contributed by atoms with van der Waals surface area (Å²) in [7, 11) is 0. The Bertz CT molecular complexity index is 419. The van der Waals surface area contributed by atoms with Crippen LogP contribution in [0.3, 0.4) is 0 Å². The lowest BCUT2D eigenvalue weighted by Crippen LogP contribution is -2.41. The fourth-order valence-electron chi connectivity index (χ4n) is 2.80. The molecule has 0 saturated carbocycles. The van der Waals surface area contributed by atoms with Gasteiger partial charge in [0.05, 0.1) is 18.0 Å². The quantitative estimate of drug-likeness (QED) is 0.910. The van der Waals surface area contributed by atoms with Gasteiger partial charge in [0.15, 0.2) is 0 Å². The van der Waals surface area contributed by atoms with Gasteiger partial charge in [-0.1, -0.05) is 6.92 Å². The molecular weight excluding hydrogens is 243 g/mol. The van der Waals surface area contributed by atoms with E-state index in [-0.39, 0.29) is 17.3 Å². The third-order valence-corrected chi connectivity index (χ3v) is 4.17. The first-order valence-electron chi connectivity index (χ1n) is 6.95. The van der Waals surface area contributed by atoms with Crippen LogP contribution >= 0.6 is 0 Å². The van der Waals surface area contributed by atoms with Crippen molar-refractivity contribution in [3.8, 4) is 0 Å². The van der Waals surface area contributed by atoms with Crippen molar-refractivity contribution < 1.29 is 9.50 Å². The van der Waals surface area contributed by atoms with Gasteiger partial charge in [-0.25, -0.2) is 4.39 Å². The van der Waals surface area contributed by atoms with Gasteiger partial charge < -0.3 is 5.11 Å². The second-order valence-corrected chi connectivity index (χ2v) is 6.19. The molecule has 1 saturated heterocycles. The Kier molecular flexibility index (Phi) is 4.21. The highest BCUT2D eigenvalue weighted by Crippen LogP contribution is 2.31.